The third-order valence-electron chi connectivity index (χ3n) is 1.85. The van der Waals surface area contributed by atoms with Gasteiger partial charge in [0.2, 0.25) is 0 Å². The standard InChI is InChI=1S/C9H13BrN2O/c1-13-9-6(8(12)5-11)3-2-4-7(9)10/h2-4,8H,5,11-12H2,1H3/t8-/m1/s1. The van der Waals surface area contributed by atoms with Gasteiger partial charge in [0.05, 0.1) is 11.6 Å². The number of rotatable bonds is 3. The van der Waals surface area contributed by atoms with Crippen LogP contribution in [0.3, 0.4) is 0 Å². The van der Waals surface area contributed by atoms with Crippen LogP contribution in [0.25, 0.3) is 0 Å². The first kappa shape index (κ1) is 10.5. The van der Waals surface area contributed by atoms with Crippen LogP contribution < -0.4 is 16.2 Å². The van der Waals surface area contributed by atoms with Crippen LogP contribution in [-0.2, 0) is 0 Å². The summed E-state index contributed by atoms with van der Waals surface area (Å²) in [6.45, 7) is 0.410. The molecule has 0 fully saturated rings. The number of hydrogen-bond donors (Lipinski definition) is 2. The van der Waals surface area contributed by atoms with Gasteiger partial charge in [-0.2, -0.15) is 0 Å². The molecule has 0 spiro atoms. The zero-order valence-corrected chi connectivity index (χ0v) is 9.04. The lowest BCUT2D eigenvalue weighted by atomic mass is 10.1. The minimum atomic E-state index is -0.174. The number of hydrogen-bond acceptors (Lipinski definition) is 3. The van der Waals surface area contributed by atoms with Crippen molar-refractivity contribution >= 4 is 15.9 Å². The highest BCUT2D eigenvalue weighted by Crippen LogP contribution is 2.31. The van der Waals surface area contributed by atoms with Gasteiger partial charge >= 0.3 is 0 Å². The van der Waals surface area contributed by atoms with E-state index >= 15 is 0 Å². The van der Waals surface area contributed by atoms with E-state index in [1.54, 1.807) is 7.11 Å². The van der Waals surface area contributed by atoms with Crippen molar-refractivity contribution in [2.24, 2.45) is 11.5 Å². The van der Waals surface area contributed by atoms with Crippen molar-refractivity contribution in [1.29, 1.82) is 0 Å². The smallest absolute Gasteiger partial charge is 0.137 e. The molecule has 0 aliphatic carbocycles. The summed E-state index contributed by atoms with van der Waals surface area (Å²) < 4.78 is 6.12. The summed E-state index contributed by atoms with van der Waals surface area (Å²) >= 11 is 3.38. The quantitative estimate of drug-likeness (QED) is 0.846. The third-order valence-corrected chi connectivity index (χ3v) is 2.48. The van der Waals surface area contributed by atoms with Crippen LogP contribution in [-0.4, -0.2) is 13.7 Å². The molecule has 3 nitrogen and oxygen atoms in total. The Morgan fingerprint density at radius 2 is 2.23 bits per heavy atom. The molecule has 1 aromatic carbocycles. The van der Waals surface area contributed by atoms with Gasteiger partial charge in [0.25, 0.3) is 0 Å². The summed E-state index contributed by atoms with van der Waals surface area (Å²) in [5.41, 5.74) is 12.2. The van der Waals surface area contributed by atoms with Crippen molar-refractivity contribution in [3.8, 4) is 5.75 Å². The maximum Gasteiger partial charge on any atom is 0.137 e. The Kier molecular flexibility index (Phi) is 3.71. The second kappa shape index (κ2) is 4.60. The van der Waals surface area contributed by atoms with Crippen LogP contribution in [0.1, 0.15) is 11.6 Å². The van der Waals surface area contributed by atoms with Gasteiger partial charge in [-0.25, -0.2) is 0 Å². The molecule has 4 heteroatoms. The Hall–Kier alpha value is -0.580. The molecule has 1 aromatic rings. The van der Waals surface area contributed by atoms with Crippen molar-refractivity contribution in [2.45, 2.75) is 6.04 Å². The van der Waals surface area contributed by atoms with E-state index < -0.39 is 0 Å². The van der Waals surface area contributed by atoms with Crippen molar-refractivity contribution in [3.05, 3.63) is 28.2 Å². The fraction of sp³-hybridized carbons (Fsp3) is 0.333. The summed E-state index contributed by atoms with van der Waals surface area (Å²) in [5, 5.41) is 0. The normalized spacial score (nSPS) is 12.6. The van der Waals surface area contributed by atoms with Gasteiger partial charge < -0.3 is 16.2 Å². The Labute approximate surface area is 86.2 Å². The molecular formula is C9H13BrN2O. The summed E-state index contributed by atoms with van der Waals surface area (Å²) in [5.74, 6) is 0.764. The van der Waals surface area contributed by atoms with E-state index in [1.807, 2.05) is 18.2 Å². The van der Waals surface area contributed by atoms with Gasteiger partial charge in [-0.1, -0.05) is 12.1 Å². The van der Waals surface area contributed by atoms with E-state index in [4.69, 9.17) is 16.2 Å². The van der Waals surface area contributed by atoms with Crippen molar-refractivity contribution in [3.63, 3.8) is 0 Å². The molecule has 0 heterocycles. The number of nitrogens with two attached hydrogens (primary N) is 2. The molecule has 0 saturated carbocycles. The fourth-order valence-electron chi connectivity index (χ4n) is 1.16. The predicted octanol–water partition coefficient (Wildman–Crippen LogP) is 1.42. The largest absolute Gasteiger partial charge is 0.495 e. The van der Waals surface area contributed by atoms with E-state index in [2.05, 4.69) is 15.9 Å². The number of ether oxygens (including phenoxy) is 1. The maximum absolute atomic E-state index is 5.81. The monoisotopic (exact) mass is 244 g/mol. The van der Waals surface area contributed by atoms with Crippen LogP contribution in [0.5, 0.6) is 5.75 Å². The lowest BCUT2D eigenvalue weighted by molar-refractivity contribution is 0.403. The van der Waals surface area contributed by atoms with Gasteiger partial charge in [-0.05, 0) is 22.0 Å². The molecule has 0 bridgehead atoms. The highest BCUT2D eigenvalue weighted by atomic mass is 79.9. The van der Waals surface area contributed by atoms with Crippen molar-refractivity contribution in [2.75, 3.05) is 13.7 Å². The van der Waals surface area contributed by atoms with Crippen LogP contribution in [0.2, 0.25) is 0 Å². The lowest BCUT2D eigenvalue weighted by Gasteiger charge is -2.14. The van der Waals surface area contributed by atoms with Crippen LogP contribution in [0.15, 0.2) is 22.7 Å². The first-order valence-corrected chi connectivity index (χ1v) is 4.78. The molecule has 13 heavy (non-hydrogen) atoms. The zero-order chi connectivity index (χ0) is 9.84. The molecule has 0 amide bonds. The third kappa shape index (κ3) is 2.21. The second-order valence-corrected chi connectivity index (χ2v) is 3.56. The van der Waals surface area contributed by atoms with Crippen molar-refractivity contribution < 1.29 is 4.74 Å². The minimum absolute atomic E-state index is 0.174. The zero-order valence-electron chi connectivity index (χ0n) is 7.46. The molecular weight excluding hydrogens is 232 g/mol. The topological polar surface area (TPSA) is 61.3 Å². The second-order valence-electron chi connectivity index (χ2n) is 2.70. The Morgan fingerprint density at radius 1 is 1.54 bits per heavy atom. The molecule has 0 unspecified atom stereocenters. The molecule has 4 N–H and O–H groups in total. The van der Waals surface area contributed by atoms with E-state index in [9.17, 15) is 0 Å². The highest BCUT2D eigenvalue weighted by Gasteiger charge is 2.12. The lowest BCUT2D eigenvalue weighted by Crippen LogP contribution is -2.21. The van der Waals surface area contributed by atoms with E-state index in [-0.39, 0.29) is 6.04 Å². The Bertz CT molecular complexity index is 291. The molecule has 1 atom stereocenters. The first-order valence-electron chi connectivity index (χ1n) is 3.98. The number of methoxy groups -OCH3 is 1. The molecule has 0 saturated heterocycles. The fourth-order valence-corrected chi connectivity index (χ4v) is 1.70. The molecule has 72 valence electrons. The van der Waals surface area contributed by atoms with Crippen LogP contribution >= 0.6 is 15.9 Å². The molecule has 0 aliphatic heterocycles. The molecule has 0 aliphatic rings. The molecule has 0 aromatic heterocycles. The van der Waals surface area contributed by atoms with Crippen LogP contribution in [0.4, 0.5) is 0 Å². The number of benzene rings is 1. The SMILES string of the molecule is COc1c(Br)cccc1[C@H](N)CN. The first-order chi connectivity index (χ1) is 6.20. The minimum Gasteiger partial charge on any atom is -0.495 e. The van der Waals surface area contributed by atoms with Gasteiger partial charge in [0.1, 0.15) is 5.75 Å². The highest BCUT2D eigenvalue weighted by molar-refractivity contribution is 9.10. The number of halogens is 1. The van der Waals surface area contributed by atoms with Gasteiger partial charge in [-0.3, -0.25) is 0 Å². The van der Waals surface area contributed by atoms with Gasteiger partial charge in [-0.15, -0.1) is 0 Å². The average Bonchev–Trinajstić information content (AvgIpc) is 2.16. The average molecular weight is 245 g/mol. The predicted molar refractivity (Wildman–Crippen MR) is 56.7 cm³/mol. The summed E-state index contributed by atoms with van der Waals surface area (Å²) in [7, 11) is 1.62. The van der Waals surface area contributed by atoms with Crippen molar-refractivity contribution in [1.82, 2.24) is 0 Å². The summed E-state index contributed by atoms with van der Waals surface area (Å²) in [4.78, 5) is 0. The summed E-state index contributed by atoms with van der Waals surface area (Å²) in [6, 6.07) is 5.57. The van der Waals surface area contributed by atoms with E-state index in [0.717, 1.165) is 15.8 Å². The van der Waals surface area contributed by atoms with E-state index in [1.165, 1.54) is 0 Å². The van der Waals surface area contributed by atoms with E-state index in [0.29, 0.717) is 6.54 Å². The van der Waals surface area contributed by atoms with Gasteiger partial charge in [0.15, 0.2) is 0 Å². The Morgan fingerprint density at radius 3 is 2.77 bits per heavy atom. The maximum atomic E-state index is 5.81. The van der Waals surface area contributed by atoms with Gasteiger partial charge in [0, 0.05) is 18.2 Å². The Balaban J connectivity index is 3.12. The molecule has 0 radical (unpaired) electrons. The molecule has 1 rings (SSSR count). The van der Waals surface area contributed by atoms with Crippen LogP contribution in [0, 0.1) is 0 Å². The number of para-hydroxylation sites is 1. The summed E-state index contributed by atoms with van der Waals surface area (Å²) in [6.07, 6.45) is 0.